The molecule has 0 saturated carbocycles. The monoisotopic (exact) mass is 412 g/mol. The summed E-state index contributed by atoms with van der Waals surface area (Å²) in [5.41, 5.74) is 5.21. The fourth-order valence-electron chi connectivity index (χ4n) is 2.43. The molecule has 0 aliphatic heterocycles. The molecule has 2 aromatic rings. The first-order valence-electron chi connectivity index (χ1n) is 10.1. The number of carbonyl (C=O) groups excluding carboxylic acids is 1. The average molecular weight is 413 g/mol. The fraction of sp³-hybridized carbons (Fsp3) is 0.320. The molecule has 0 spiro atoms. The predicted octanol–water partition coefficient (Wildman–Crippen LogP) is -0.414. The number of nitrogens with one attached hydrogen (secondary N) is 2. The second kappa shape index (κ2) is 16.0. The van der Waals surface area contributed by atoms with Gasteiger partial charge in [-0.2, -0.15) is 0 Å². The van der Waals surface area contributed by atoms with Crippen molar-refractivity contribution in [3.05, 3.63) is 83.9 Å². The lowest BCUT2D eigenvalue weighted by molar-refractivity contribution is -0.858. The minimum atomic E-state index is -2.33. The number of hydrogen-bond acceptors (Lipinski definition) is 3. The summed E-state index contributed by atoms with van der Waals surface area (Å²) in [4.78, 5) is 11.3. The third-order valence-electron chi connectivity index (χ3n) is 4.26. The molecule has 0 heterocycles. The van der Waals surface area contributed by atoms with Gasteiger partial charge in [0.05, 0.1) is 41.3 Å². The third-order valence-corrected chi connectivity index (χ3v) is 4.26. The average Bonchev–Trinajstić information content (AvgIpc) is 2.71. The minimum absolute atomic E-state index is 1.15. The molecule has 2 rings (SSSR count). The smallest absolute Gasteiger partial charge is 0.0807 e. The summed E-state index contributed by atoms with van der Waals surface area (Å²) >= 11 is 0. The molecule has 0 aliphatic rings. The zero-order chi connectivity index (χ0) is 22.9. The first-order chi connectivity index (χ1) is 14.2. The van der Waals surface area contributed by atoms with Gasteiger partial charge in [0, 0.05) is 12.8 Å². The molecule has 2 N–H and O–H groups in total. The topological polar surface area (TPSA) is 72.1 Å². The number of hydrogen-bond donors (Lipinski definition) is 2. The van der Waals surface area contributed by atoms with Crippen LogP contribution in [-0.4, -0.2) is 47.4 Å². The van der Waals surface area contributed by atoms with Crippen LogP contribution in [0.25, 0.3) is 12.2 Å². The molecule has 0 saturated heterocycles. The van der Waals surface area contributed by atoms with Crippen molar-refractivity contribution in [2.75, 3.05) is 41.3 Å². The number of carbonyl (C=O) groups is 1. The van der Waals surface area contributed by atoms with E-state index in [1.165, 1.54) is 45.1 Å². The lowest BCUT2D eigenvalue weighted by atomic mass is 10.1. The molecular weight excluding hydrogens is 376 g/mol. The van der Waals surface area contributed by atoms with E-state index >= 15 is 0 Å². The molecule has 2 aromatic carbocycles. The standard InChI is InChI=1S/2C12H17N.CH2O3/c2*1-4-11-5-7-12(8-6-11)9-10-13(2)3;2-1(3)4/h2*4-8H,1,9-10H2,2-3H3;(H2,2,3,4). The summed E-state index contributed by atoms with van der Waals surface area (Å²) in [7, 11) is 8.71. The lowest BCUT2D eigenvalue weighted by Gasteiger charge is -2.06. The highest BCUT2D eigenvalue weighted by Gasteiger charge is 1.97. The maximum atomic E-state index is 8.33. The maximum absolute atomic E-state index is 8.33. The Bertz CT molecular complexity index is 672. The van der Waals surface area contributed by atoms with Gasteiger partial charge >= 0.3 is 0 Å². The number of likely N-dealkylation sites (N-methyl/N-ethyl adjacent to an activating group) is 2. The molecule has 0 unspecified atom stereocenters. The van der Waals surface area contributed by atoms with Crippen molar-refractivity contribution in [2.45, 2.75) is 12.8 Å². The van der Waals surface area contributed by atoms with Crippen molar-refractivity contribution in [2.24, 2.45) is 0 Å². The van der Waals surface area contributed by atoms with E-state index < -0.39 is 6.16 Å². The van der Waals surface area contributed by atoms with Gasteiger partial charge in [0.1, 0.15) is 0 Å². The third kappa shape index (κ3) is 15.1. The van der Waals surface area contributed by atoms with Crippen molar-refractivity contribution in [3.8, 4) is 0 Å². The summed E-state index contributed by atoms with van der Waals surface area (Å²) in [5, 5.41) is 16.7. The first-order valence-corrected chi connectivity index (χ1v) is 10.1. The van der Waals surface area contributed by atoms with Gasteiger partial charge in [-0.1, -0.05) is 73.8 Å². The van der Waals surface area contributed by atoms with Crippen molar-refractivity contribution in [3.63, 3.8) is 0 Å². The second-order valence-electron chi connectivity index (χ2n) is 7.56. The molecule has 30 heavy (non-hydrogen) atoms. The highest BCUT2D eigenvalue weighted by molar-refractivity contribution is 5.48. The molecular formula is C25H36N2O3. The van der Waals surface area contributed by atoms with Crippen molar-refractivity contribution in [1.29, 1.82) is 0 Å². The number of benzene rings is 2. The Morgan fingerprint density at radius 3 is 1.20 bits per heavy atom. The molecule has 0 atom stereocenters. The quantitative estimate of drug-likeness (QED) is 0.619. The van der Waals surface area contributed by atoms with Crippen LogP contribution in [0.3, 0.4) is 0 Å². The van der Waals surface area contributed by atoms with Crippen LogP contribution in [0.15, 0.2) is 61.7 Å². The zero-order valence-corrected chi connectivity index (χ0v) is 18.7. The second-order valence-corrected chi connectivity index (χ2v) is 7.56. The number of quaternary nitrogens is 2. The van der Waals surface area contributed by atoms with E-state index in [9.17, 15) is 0 Å². The van der Waals surface area contributed by atoms with Gasteiger partial charge < -0.3 is 24.8 Å². The Labute approximate surface area is 181 Å². The number of rotatable bonds is 8. The Hall–Kier alpha value is -2.89. The highest BCUT2D eigenvalue weighted by atomic mass is 16.6. The Morgan fingerprint density at radius 1 is 0.733 bits per heavy atom. The van der Waals surface area contributed by atoms with Gasteiger partial charge in [-0.05, 0) is 28.4 Å². The highest BCUT2D eigenvalue weighted by Crippen LogP contribution is 2.05. The summed E-state index contributed by atoms with van der Waals surface area (Å²) in [6.45, 7) is 9.84. The van der Waals surface area contributed by atoms with Gasteiger partial charge in [0.25, 0.3) is 0 Å². The molecule has 5 heteroatoms. The van der Waals surface area contributed by atoms with E-state index in [1.807, 2.05) is 12.2 Å². The van der Waals surface area contributed by atoms with Crippen molar-refractivity contribution >= 4 is 18.3 Å². The van der Waals surface area contributed by atoms with E-state index in [0.29, 0.717) is 0 Å². The van der Waals surface area contributed by atoms with Gasteiger partial charge in [0.2, 0.25) is 0 Å². The zero-order valence-electron chi connectivity index (χ0n) is 18.7. The fourth-order valence-corrected chi connectivity index (χ4v) is 2.43. The van der Waals surface area contributed by atoms with Crippen molar-refractivity contribution < 1.29 is 24.8 Å². The minimum Gasteiger partial charge on any atom is -0.652 e. The Kier molecular flexibility index (Phi) is 14.4. The van der Waals surface area contributed by atoms with Crippen LogP contribution < -0.4 is 20.0 Å². The summed E-state index contributed by atoms with van der Waals surface area (Å²) in [6, 6.07) is 17.2. The van der Waals surface area contributed by atoms with E-state index in [0.717, 1.165) is 12.8 Å². The number of carboxylic acid groups (broad SMARTS) is 2. The van der Waals surface area contributed by atoms with Gasteiger partial charge in [-0.3, -0.25) is 0 Å². The van der Waals surface area contributed by atoms with E-state index in [2.05, 4.69) is 89.9 Å². The lowest BCUT2D eigenvalue weighted by Crippen LogP contribution is -3.05. The van der Waals surface area contributed by atoms with Crippen LogP contribution in [-0.2, 0) is 12.8 Å². The van der Waals surface area contributed by atoms with Crippen LogP contribution in [0.1, 0.15) is 22.3 Å². The largest absolute Gasteiger partial charge is 0.652 e. The Balaban J connectivity index is 0.000000477. The summed E-state index contributed by atoms with van der Waals surface area (Å²) in [6.07, 6.45) is 3.72. The normalized spacial score (nSPS) is 9.80. The first kappa shape index (κ1) is 27.1. The molecule has 0 aliphatic carbocycles. The van der Waals surface area contributed by atoms with Gasteiger partial charge in [-0.25, -0.2) is 0 Å². The molecule has 0 amide bonds. The van der Waals surface area contributed by atoms with Gasteiger partial charge in [-0.15, -0.1) is 0 Å². The predicted molar refractivity (Wildman–Crippen MR) is 121 cm³/mol. The van der Waals surface area contributed by atoms with Crippen molar-refractivity contribution in [1.82, 2.24) is 0 Å². The maximum Gasteiger partial charge on any atom is 0.0807 e. The molecule has 164 valence electrons. The molecule has 0 bridgehead atoms. The summed E-state index contributed by atoms with van der Waals surface area (Å²) < 4.78 is 0. The van der Waals surface area contributed by atoms with Crippen LogP contribution in [0, 0.1) is 0 Å². The molecule has 0 fully saturated rings. The molecule has 0 radical (unpaired) electrons. The Morgan fingerprint density at radius 2 is 1.00 bits per heavy atom. The van der Waals surface area contributed by atoms with Crippen LogP contribution in [0.2, 0.25) is 0 Å². The molecule has 5 nitrogen and oxygen atoms in total. The SMILES string of the molecule is C=Cc1ccc(CC[NH+](C)C)cc1.C=Cc1ccc(CC[NH+](C)C)cc1.O=C([O-])[O-]. The van der Waals surface area contributed by atoms with E-state index in [4.69, 9.17) is 15.0 Å². The van der Waals surface area contributed by atoms with Crippen LogP contribution >= 0.6 is 0 Å². The van der Waals surface area contributed by atoms with E-state index in [1.54, 1.807) is 0 Å². The van der Waals surface area contributed by atoms with Crippen LogP contribution in [0.4, 0.5) is 4.79 Å². The molecule has 0 aromatic heterocycles. The van der Waals surface area contributed by atoms with Crippen LogP contribution in [0.5, 0.6) is 0 Å². The summed E-state index contributed by atoms with van der Waals surface area (Å²) in [5.74, 6) is 0. The van der Waals surface area contributed by atoms with E-state index in [-0.39, 0.29) is 0 Å². The van der Waals surface area contributed by atoms with Gasteiger partial charge in [0.15, 0.2) is 0 Å².